The van der Waals surface area contributed by atoms with Crippen LogP contribution in [0, 0.1) is 6.92 Å². The van der Waals surface area contributed by atoms with Gasteiger partial charge in [-0.25, -0.2) is 4.98 Å². The van der Waals surface area contributed by atoms with Gasteiger partial charge in [-0.1, -0.05) is 0 Å². The highest BCUT2D eigenvalue weighted by Crippen LogP contribution is 2.25. The van der Waals surface area contributed by atoms with Gasteiger partial charge in [0.25, 0.3) is 0 Å². The van der Waals surface area contributed by atoms with Gasteiger partial charge < -0.3 is 20.1 Å². The maximum atomic E-state index is 12.5. The second-order valence-electron chi connectivity index (χ2n) is 5.00. The van der Waals surface area contributed by atoms with Crippen molar-refractivity contribution in [3.63, 3.8) is 0 Å². The van der Waals surface area contributed by atoms with Crippen molar-refractivity contribution in [2.75, 3.05) is 14.2 Å². The molecule has 0 saturated carbocycles. The largest absolute Gasteiger partial charge is 0.497 e. The van der Waals surface area contributed by atoms with E-state index in [-0.39, 0.29) is 12.3 Å². The lowest BCUT2D eigenvalue weighted by atomic mass is 10.2. The van der Waals surface area contributed by atoms with E-state index in [1.54, 1.807) is 30.5 Å². The number of thiazole rings is 1. The van der Waals surface area contributed by atoms with Gasteiger partial charge >= 0.3 is 6.61 Å². The smallest absolute Gasteiger partial charge is 0.387 e. The van der Waals surface area contributed by atoms with E-state index in [1.807, 2.05) is 13.1 Å². The minimum Gasteiger partial charge on any atom is -0.497 e. The highest BCUT2D eigenvalue weighted by molar-refractivity contribution is 7.11. The number of rotatable bonds is 7. The van der Waals surface area contributed by atoms with Crippen LogP contribution in [0.1, 0.15) is 15.4 Å². The number of aliphatic imine (C=N–C) groups is 1. The molecular formula is C16H20F2N4O2S. The molecule has 0 aliphatic carbocycles. The van der Waals surface area contributed by atoms with Crippen LogP contribution in [0.2, 0.25) is 0 Å². The third-order valence-corrected chi connectivity index (χ3v) is 4.14. The lowest BCUT2D eigenvalue weighted by molar-refractivity contribution is -0.0504. The summed E-state index contributed by atoms with van der Waals surface area (Å²) in [5, 5.41) is 7.12. The fourth-order valence-corrected chi connectivity index (χ4v) is 2.80. The molecule has 0 bridgehead atoms. The number of methoxy groups -OCH3 is 1. The molecule has 1 heterocycles. The van der Waals surface area contributed by atoms with Crippen LogP contribution in [0.25, 0.3) is 0 Å². The van der Waals surface area contributed by atoms with Gasteiger partial charge in [-0.3, -0.25) is 4.99 Å². The second kappa shape index (κ2) is 9.16. The summed E-state index contributed by atoms with van der Waals surface area (Å²) < 4.78 is 34.8. The fraction of sp³-hybridized carbons (Fsp3) is 0.375. The number of nitrogens with one attached hydrogen (secondary N) is 2. The summed E-state index contributed by atoms with van der Waals surface area (Å²) in [6.07, 6.45) is 1.81. The molecule has 2 N–H and O–H groups in total. The van der Waals surface area contributed by atoms with Crippen LogP contribution in [0.5, 0.6) is 11.5 Å². The lowest BCUT2D eigenvalue weighted by Crippen LogP contribution is -2.36. The van der Waals surface area contributed by atoms with E-state index in [2.05, 4.69) is 25.3 Å². The van der Waals surface area contributed by atoms with Crippen molar-refractivity contribution in [1.29, 1.82) is 0 Å². The molecule has 0 atom stereocenters. The molecule has 1 aromatic heterocycles. The Balaban J connectivity index is 1.99. The number of alkyl halides is 2. The second-order valence-corrected chi connectivity index (χ2v) is 6.32. The molecule has 0 saturated heterocycles. The number of benzene rings is 1. The molecule has 1 aromatic carbocycles. The molecule has 0 amide bonds. The third kappa shape index (κ3) is 5.86. The monoisotopic (exact) mass is 370 g/mol. The van der Waals surface area contributed by atoms with Gasteiger partial charge in [0.2, 0.25) is 0 Å². The van der Waals surface area contributed by atoms with Crippen molar-refractivity contribution < 1.29 is 18.3 Å². The average Bonchev–Trinajstić information content (AvgIpc) is 3.01. The molecule has 0 spiro atoms. The van der Waals surface area contributed by atoms with E-state index in [1.165, 1.54) is 13.2 Å². The first kappa shape index (κ1) is 18.9. The molecule has 0 aliphatic rings. The molecule has 25 heavy (non-hydrogen) atoms. The highest BCUT2D eigenvalue weighted by atomic mass is 32.1. The number of ether oxygens (including phenoxy) is 2. The van der Waals surface area contributed by atoms with Crippen molar-refractivity contribution in [1.82, 2.24) is 15.6 Å². The highest BCUT2D eigenvalue weighted by Gasteiger charge is 2.11. The Labute approximate surface area is 148 Å². The summed E-state index contributed by atoms with van der Waals surface area (Å²) in [6, 6.07) is 4.66. The van der Waals surface area contributed by atoms with Crippen molar-refractivity contribution in [3.05, 3.63) is 39.8 Å². The Morgan fingerprint density at radius 3 is 2.68 bits per heavy atom. The van der Waals surface area contributed by atoms with Crippen LogP contribution in [0.15, 0.2) is 29.4 Å². The van der Waals surface area contributed by atoms with Gasteiger partial charge in [0.1, 0.15) is 16.5 Å². The number of aryl methyl sites for hydroxylation is 1. The zero-order chi connectivity index (χ0) is 18.2. The number of halogens is 2. The molecule has 0 fully saturated rings. The minimum atomic E-state index is -2.89. The first-order chi connectivity index (χ1) is 12.0. The van der Waals surface area contributed by atoms with Gasteiger partial charge in [0.05, 0.1) is 13.7 Å². The fourth-order valence-electron chi connectivity index (χ4n) is 2.07. The normalized spacial score (nSPS) is 11.5. The van der Waals surface area contributed by atoms with Gasteiger partial charge in [0.15, 0.2) is 5.96 Å². The van der Waals surface area contributed by atoms with Crippen molar-refractivity contribution in [2.45, 2.75) is 26.6 Å². The molecule has 136 valence electrons. The zero-order valence-corrected chi connectivity index (χ0v) is 15.0. The Bertz CT molecular complexity index is 722. The van der Waals surface area contributed by atoms with Crippen LogP contribution >= 0.6 is 11.3 Å². The van der Waals surface area contributed by atoms with E-state index in [0.29, 0.717) is 23.8 Å². The third-order valence-electron chi connectivity index (χ3n) is 3.23. The molecule has 2 aromatic rings. The lowest BCUT2D eigenvalue weighted by Gasteiger charge is -2.15. The standard InChI is InChI=1S/C16H20F2N4O2S/c1-10-7-20-14(25-10)9-22-16(19-2)21-8-11-6-12(23-3)4-5-13(11)24-15(17)18/h4-7,15H,8-9H2,1-3H3,(H2,19,21,22). The van der Waals surface area contributed by atoms with Crippen LogP contribution in [0.4, 0.5) is 8.78 Å². The van der Waals surface area contributed by atoms with Gasteiger partial charge in [-0.2, -0.15) is 8.78 Å². The van der Waals surface area contributed by atoms with Crippen LogP contribution in [-0.4, -0.2) is 31.7 Å². The van der Waals surface area contributed by atoms with Crippen molar-refractivity contribution >= 4 is 17.3 Å². The van der Waals surface area contributed by atoms with E-state index in [0.717, 1.165) is 9.88 Å². The molecule has 2 rings (SSSR count). The minimum absolute atomic E-state index is 0.0919. The Morgan fingerprint density at radius 1 is 1.32 bits per heavy atom. The van der Waals surface area contributed by atoms with Crippen LogP contribution in [0.3, 0.4) is 0 Å². The first-order valence-electron chi connectivity index (χ1n) is 7.49. The summed E-state index contributed by atoms with van der Waals surface area (Å²) in [5.41, 5.74) is 0.535. The Hall–Kier alpha value is -2.42. The summed E-state index contributed by atoms with van der Waals surface area (Å²) in [5.74, 6) is 1.17. The maximum absolute atomic E-state index is 12.5. The SMILES string of the molecule is CN=C(NCc1ncc(C)s1)NCc1cc(OC)ccc1OC(F)F. The van der Waals surface area contributed by atoms with Crippen LogP contribution < -0.4 is 20.1 Å². The number of aromatic nitrogens is 1. The van der Waals surface area contributed by atoms with E-state index in [9.17, 15) is 8.78 Å². The predicted molar refractivity (Wildman–Crippen MR) is 93.5 cm³/mol. The summed E-state index contributed by atoms with van der Waals surface area (Å²) in [4.78, 5) is 9.50. The number of hydrogen-bond acceptors (Lipinski definition) is 5. The zero-order valence-electron chi connectivity index (χ0n) is 14.2. The summed E-state index contributed by atoms with van der Waals surface area (Å²) in [7, 11) is 3.14. The van der Waals surface area contributed by atoms with Gasteiger partial charge in [-0.15, -0.1) is 11.3 Å². The molecule has 0 aliphatic heterocycles. The first-order valence-corrected chi connectivity index (χ1v) is 8.31. The van der Waals surface area contributed by atoms with Gasteiger partial charge in [0, 0.05) is 30.2 Å². The van der Waals surface area contributed by atoms with Gasteiger partial charge in [-0.05, 0) is 25.1 Å². The average molecular weight is 370 g/mol. The molecule has 0 radical (unpaired) electrons. The molecular weight excluding hydrogens is 350 g/mol. The van der Waals surface area contributed by atoms with Crippen molar-refractivity contribution in [2.24, 2.45) is 4.99 Å². The van der Waals surface area contributed by atoms with E-state index >= 15 is 0 Å². The number of hydrogen-bond donors (Lipinski definition) is 2. The maximum Gasteiger partial charge on any atom is 0.387 e. The summed E-state index contributed by atoms with van der Waals surface area (Å²) in [6.45, 7) is -0.133. The number of nitrogens with zero attached hydrogens (tertiary/aromatic N) is 2. The van der Waals surface area contributed by atoms with E-state index < -0.39 is 6.61 Å². The quantitative estimate of drug-likeness (QED) is 0.579. The molecule has 0 unspecified atom stereocenters. The Kier molecular flexibility index (Phi) is 6.93. The number of guanidine groups is 1. The molecule has 6 nitrogen and oxygen atoms in total. The predicted octanol–water partition coefficient (Wildman–Crippen LogP) is 2.93. The Morgan fingerprint density at radius 2 is 2.08 bits per heavy atom. The van der Waals surface area contributed by atoms with E-state index in [4.69, 9.17) is 4.74 Å². The summed E-state index contributed by atoms with van der Waals surface area (Å²) >= 11 is 1.59. The van der Waals surface area contributed by atoms with Crippen LogP contribution in [-0.2, 0) is 13.1 Å². The topological polar surface area (TPSA) is 67.8 Å². The van der Waals surface area contributed by atoms with Crippen molar-refractivity contribution in [3.8, 4) is 11.5 Å². The molecule has 9 heteroatoms.